The van der Waals surface area contributed by atoms with Gasteiger partial charge >= 0.3 is 40.0 Å². The van der Waals surface area contributed by atoms with E-state index >= 15 is 0 Å². The van der Waals surface area contributed by atoms with Gasteiger partial charge in [0.2, 0.25) is 0 Å². The van der Waals surface area contributed by atoms with Gasteiger partial charge in [-0.1, -0.05) is 72.2 Å². The summed E-state index contributed by atoms with van der Waals surface area (Å²) in [5, 5.41) is 18.1. The molecule has 2 aromatic rings. The van der Waals surface area contributed by atoms with Crippen LogP contribution in [0.15, 0.2) is 60.7 Å². The summed E-state index contributed by atoms with van der Waals surface area (Å²) in [6, 6.07) is 15.6. The zero-order valence-electron chi connectivity index (χ0n) is 16.4. The number of carboxylic acid groups (broad SMARTS) is 2. The molecule has 0 aliphatic rings. The van der Waals surface area contributed by atoms with Crippen LogP contribution in [0, 0.1) is 0 Å². The Kier molecular flexibility index (Phi) is 19.1. The van der Waals surface area contributed by atoms with E-state index in [1.165, 1.54) is 6.92 Å². The van der Waals surface area contributed by atoms with Crippen molar-refractivity contribution in [2.24, 2.45) is 0 Å². The van der Waals surface area contributed by atoms with E-state index in [-0.39, 0.29) is 35.1 Å². The van der Waals surface area contributed by atoms with Gasteiger partial charge in [0.1, 0.15) is 0 Å². The molecular formula is C18H19Cl2NaO8S. The first kappa shape index (κ1) is 33.2. The average Bonchev–Trinajstić information content (AvgIpc) is 2.56. The Labute approximate surface area is 207 Å². The average molecular weight is 489 g/mol. The summed E-state index contributed by atoms with van der Waals surface area (Å²) in [6.07, 6.45) is 0. The van der Waals surface area contributed by atoms with E-state index in [0.717, 1.165) is 18.1 Å². The van der Waals surface area contributed by atoms with Crippen molar-refractivity contribution in [1.29, 1.82) is 0 Å². The summed E-state index contributed by atoms with van der Waals surface area (Å²) in [4.78, 5) is 18.5. The van der Waals surface area contributed by atoms with Gasteiger partial charge in [-0.15, -0.1) is 0 Å². The number of hydrogen-bond acceptors (Lipinski definition) is 5. The van der Waals surface area contributed by atoms with Gasteiger partial charge < -0.3 is 15.0 Å². The first-order chi connectivity index (χ1) is 13.2. The zero-order chi connectivity index (χ0) is 23.2. The second-order valence-electron chi connectivity index (χ2n) is 5.00. The van der Waals surface area contributed by atoms with Crippen LogP contribution in [-0.4, -0.2) is 34.6 Å². The van der Waals surface area contributed by atoms with Crippen LogP contribution in [0.1, 0.15) is 13.8 Å². The van der Waals surface area contributed by atoms with Gasteiger partial charge in [-0.2, -0.15) is 8.42 Å². The predicted octanol–water partition coefficient (Wildman–Crippen LogP) is 0.415. The van der Waals surface area contributed by atoms with Crippen molar-refractivity contribution < 1.29 is 66.9 Å². The van der Waals surface area contributed by atoms with E-state index in [4.69, 9.17) is 50.6 Å². The van der Waals surface area contributed by atoms with Crippen LogP contribution in [-0.2, 0) is 20.0 Å². The van der Waals surface area contributed by atoms with E-state index in [0.29, 0.717) is 10.0 Å². The maximum atomic E-state index is 9.49. The third-order valence-corrected chi connectivity index (χ3v) is 3.20. The summed E-state index contributed by atoms with van der Waals surface area (Å²) in [5.41, 5.74) is 2.12. The molecule has 2 rings (SSSR count). The molecule has 0 radical (unpaired) electrons. The van der Waals surface area contributed by atoms with Crippen molar-refractivity contribution in [2.45, 2.75) is 13.8 Å². The molecule has 0 fully saturated rings. The van der Waals surface area contributed by atoms with Crippen LogP contribution in [0.2, 0.25) is 10.0 Å². The van der Waals surface area contributed by atoms with Gasteiger partial charge in [0.15, 0.2) is 0 Å². The van der Waals surface area contributed by atoms with E-state index in [2.05, 4.69) is 6.58 Å². The quantitative estimate of drug-likeness (QED) is 0.312. The van der Waals surface area contributed by atoms with Crippen molar-refractivity contribution in [2.75, 3.05) is 0 Å². The van der Waals surface area contributed by atoms with Gasteiger partial charge in [-0.25, -0.2) is 0 Å². The van der Waals surface area contributed by atoms with Crippen molar-refractivity contribution in [3.05, 3.63) is 70.7 Å². The Morgan fingerprint density at radius 2 is 1.33 bits per heavy atom. The Morgan fingerprint density at radius 1 is 0.967 bits per heavy atom. The second kappa shape index (κ2) is 17.3. The fourth-order valence-electron chi connectivity index (χ4n) is 1.34. The molecule has 2 aromatic carbocycles. The Balaban J connectivity index is -0.000000384. The van der Waals surface area contributed by atoms with Gasteiger partial charge in [-0.05, 0) is 24.1 Å². The molecule has 0 spiro atoms. The van der Waals surface area contributed by atoms with Gasteiger partial charge in [0, 0.05) is 12.5 Å². The van der Waals surface area contributed by atoms with Crippen molar-refractivity contribution in [3.8, 4) is 11.1 Å². The van der Waals surface area contributed by atoms with E-state index < -0.39 is 22.3 Å². The van der Waals surface area contributed by atoms with Crippen molar-refractivity contribution in [3.63, 3.8) is 0 Å². The number of halogens is 2. The third-order valence-electron chi connectivity index (χ3n) is 2.38. The molecule has 0 atom stereocenters. The molecule has 0 unspecified atom stereocenters. The molecule has 0 aliphatic carbocycles. The van der Waals surface area contributed by atoms with Gasteiger partial charge in [0.05, 0.1) is 16.0 Å². The van der Waals surface area contributed by atoms with Crippen LogP contribution in [0.5, 0.6) is 0 Å². The first-order valence-corrected chi connectivity index (χ1v) is 9.57. The van der Waals surface area contributed by atoms with Crippen molar-refractivity contribution in [1.82, 2.24) is 0 Å². The molecule has 0 bridgehead atoms. The molecule has 8 nitrogen and oxygen atoms in total. The maximum absolute atomic E-state index is 9.49. The number of hydrogen-bond donors (Lipinski definition) is 3. The second-order valence-corrected chi connectivity index (χ2v) is 6.68. The monoisotopic (exact) mass is 488 g/mol. The minimum Gasteiger partial charge on any atom is -0.545 e. The van der Waals surface area contributed by atoms with E-state index in [1.54, 1.807) is 6.07 Å². The minimum absolute atomic E-state index is 0. The molecule has 3 N–H and O–H groups in total. The molecule has 160 valence electrons. The molecule has 0 amide bonds. The van der Waals surface area contributed by atoms with Crippen LogP contribution in [0.25, 0.3) is 11.1 Å². The van der Waals surface area contributed by atoms with Crippen LogP contribution in [0.3, 0.4) is 0 Å². The van der Waals surface area contributed by atoms with Crippen molar-refractivity contribution >= 4 is 45.5 Å². The van der Waals surface area contributed by atoms with Gasteiger partial charge in [-0.3, -0.25) is 13.9 Å². The fraction of sp³-hybridized carbons (Fsp3) is 0.111. The molecule has 0 heterocycles. The van der Waals surface area contributed by atoms with E-state index in [1.807, 2.05) is 42.5 Å². The Hall–Kier alpha value is -1.43. The summed E-state index contributed by atoms with van der Waals surface area (Å²) in [5.74, 6) is -2.02. The molecule has 0 aliphatic heterocycles. The first-order valence-electron chi connectivity index (χ1n) is 7.42. The Morgan fingerprint density at radius 3 is 1.67 bits per heavy atom. The molecule has 30 heavy (non-hydrogen) atoms. The largest absolute Gasteiger partial charge is 1.00 e. The number of benzene rings is 2. The van der Waals surface area contributed by atoms with E-state index in [9.17, 15) is 9.90 Å². The summed E-state index contributed by atoms with van der Waals surface area (Å²) < 4.78 is 31.6. The number of aliphatic carboxylic acids is 2. The number of rotatable bonds is 2. The standard InChI is InChI=1S/C12H8Cl2.C4H6O2.C2H4O2.Na.H2O4S/c13-11-8-4-7-10(12(11)14)9-5-2-1-3-6-9;1-3(2)4(5)6;1-2(3)4;;1-5(2,3)4/h1-8H;1H2,2H3,(H,5,6);1H3,(H,3,4);;(H2,1,2,3,4)/q;;;+1;/p-1. The molecule has 0 aromatic heterocycles. The predicted molar refractivity (Wildman–Crippen MR) is 109 cm³/mol. The summed E-state index contributed by atoms with van der Waals surface area (Å²) in [6.45, 7) is 5.56. The third kappa shape index (κ3) is 21.3. The fourth-order valence-corrected chi connectivity index (χ4v) is 1.75. The summed E-state index contributed by atoms with van der Waals surface area (Å²) >= 11 is 12.0. The smallest absolute Gasteiger partial charge is 0.545 e. The number of carboxylic acids is 2. The number of carbonyl (C=O) groups excluding carboxylic acids is 1. The molecule has 12 heteroatoms. The van der Waals surface area contributed by atoms with Crippen LogP contribution in [0.4, 0.5) is 0 Å². The van der Waals surface area contributed by atoms with Gasteiger partial charge in [0.25, 0.3) is 5.97 Å². The molecule has 0 saturated carbocycles. The SMILES string of the molecule is C=C(C)C(=O)[O-].CC(=O)O.Clc1cccc(-c2ccccc2)c1Cl.O=S(=O)(O)O.[Na+]. The van der Waals surface area contributed by atoms with Crippen LogP contribution < -0.4 is 34.7 Å². The maximum Gasteiger partial charge on any atom is 1.00 e. The normalized spacial score (nSPS) is 9.00. The molecule has 0 saturated heterocycles. The summed E-state index contributed by atoms with van der Waals surface area (Å²) in [7, 11) is -4.67. The number of carbonyl (C=O) groups is 2. The zero-order valence-corrected chi connectivity index (χ0v) is 20.7. The van der Waals surface area contributed by atoms with Crippen LogP contribution >= 0.6 is 23.2 Å². The molecular weight excluding hydrogens is 470 g/mol. The topological polar surface area (TPSA) is 152 Å². The Bertz CT molecular complexity index is 895. The minimum atomic E-state index is -4.67.